The number of thiophene rings is 1. The van der Waals surface area contributed by atoms with Gasteiger partial charge >= 0.3 is 5.97 Å². The van der Waals surface area contributed by atoms with E-state index in [1.807, 2.05) is 12.4 Å². The summed E-state index contributed by atoms with van der Waals surface area (Å²) in [5.41, 5.74) is 2.24. The molecule has 70 valence electrons. The highest BCUT2D eigenvalue weighted by atomic mass is 32.1. The molecule has 0 unspecified atom stereocenters. The van der Waals surface area contributed by atoms with E-state index in [-0.39, 0.29) is 0 Å². The van der Waals surface area contributed by atoms with Crippen molar-refractivity contribution in [3.8, 4) is 0 Å². The molecule has 0 atom stereocenters. The van der Waals surface area contributed by atoms with Crippen LogP contribution < -0.4 is 0 Å². The molecule has 0 saturated carbocycles. The van der Waals surface area contributed by atoms with Gasteiger partial charge in [0, 0.05) is 13.1 Å². The average molecular weight is 197 g/mol. The van der Waals surface area contributed by atoms with Crippen LogP contribution in [0.4, 0.5) is 0 Å². The molecule has 1 aliphatic rings. The van der Waals surface area contributed by atoms with Crippen molar-refractivity contribution in [1.29, 1.82) is 0 Å². The zero-order valence-corrected chi connectivity index (χ0v) is 8.23. The van der Waals surface area contributed by atoms with E-state index in [9.17, 15) is 4.79 Å². The third-order valence-electron chi connectivity index (χ3n) is 2.37. The quantitative estimate of drug-likeness (QED) is 0.740. The van der Waals surface area contributed by atoms with Crippen LogP contribution >= 0.6 is 11.3 Å². The standard InChI is InChI=1S/C9H11NO2S/c1-10-3-2-6-5-13-8(9(11)12)7(6)4-10/h5H,2-4H2,1H3,(H,11,12). The predicted molar refractivity (Wildman–Crippen MR) is 51.3 cm³/mol. The maximum atomic E-state index is 10.8. The zero-order valence-electron chi connectivity index (χ0n) is 7.41. The van der Waals surface area contributed by atoms with Gasteiger partial charge in [0.15, 0.2) is 0 Å². The lowest BCUT2D eigenvalue weighted by atomic mass is 10.0. The summed E-state index contributed by atoms with van der Waals surface area (Å²) in [6.07, 6.45) is 0.982. The fraction of sp³-hybridized carbons (Fsp3) is 0.444. The highest BCUT2D eigenvalue weighted by Crippen LogP contribution is 2.27. The van der Waals surface area contributed by atoms with Gasteiger partial charge in [-0.3, -0.25) is 0 Å². The van der Waals surface area contributed by atoms with Crippen molar-refractivity contribution in [2.24, 2.45) is 0 Å². The number of carbonyl (C=O) groups is 1. The lowest BCUT2D eigenvalue weighted by Gasteiger charge is -2.22. The molecule has 0 aliphatic carbocycles. The van der Waals surface area contributed by atoms with E-state index in [0.717, 1.165) is 25.1 Å². The van der Waals surface area contributed by atoms with Crippen LogP contribution in [-0.2, 0) is 13.0 Å². The van der Waals surface area contributed by atoms with Crippen molar-refractivity contribution in [2.45, 2.75) is 13.0 Å². The summed E-state index contributed by atoms with van der Waals surface area (Å²) in [4.78, 5) is 13.5. The number of hydrogen-bond donors (Lipinski definition) is 1. The summed E-state index contributed by atoms with van der Waals surface area (Å²) >= 11 is 1.35. The van der Waals surface area contributed by atoms with E-state index in [2.05, 4.69) is 4.90 Å². The molecule has 0 fully saturated rings. The first-order valence-corrected chi connectivity index (χ1v) is 5.07. The molecule has 2 rings (SSSR count). The largest absolute Gasteiger partial charge is 0.477 e. The molecule has 1 aromatic rings. The Morgan fingerprint density at radius 3 is 3.15 bits per heavy atom. The number of rotatable bonds is 1. The summed E-state index contributed by atoms with van der Waals surface area (Å²) in [6.45, 7) is 1.81. The van der Waals surface area contributed by atoms with Crippen molar-refractivity contribution >= 4 is 17.3 Å². The van der Waals surface area contributed by atoms with Gasteiger partial charge in [-0.05, 0) is 30.0 Å². The summed E-state index contributed by atoms with van der Waals surface area (Å²) in [5, 5.41) is 10.9. The molecule has 0 radical (unpaired) electrons. The Bertz CT molecular complexity index is 345. The van der Waals surface area contributed by atoms with Crippen LogP contribution in [0.2, 0.25) is 0 Å². The van der Waals surface area contributed by atoms with E-state index >= 15 is 0 Å². The number of aromatic carboxylic acids is 1. The smallest absolute Gasteiger partial charge is 0.346 e. The molecular formula is C9H11NO2S. The Hall–Kier alpha value is -0.870. The van der Waals surface area contributed by atoms with Crippen molar-refractivity contribution < 1.29 is 9.90 Å². The normalized spacial score (nSPS) is 17.0. The number of fused-ring (bicyclic) bond motifs is 1. The van der Waals surface area contributed by atoms with Gasteiger partial charge in [0.1, 0.15) is 4.88 Å². The van der Waals surface area contributed by atoms with Gasteiger partial charge in [-0.1, -0.05) is 0 Å². The van der Waals surface area contributed by atoms with Crippen molar-refractivity contribution in [3.63, 3.8) is 0 Å². The summed E-state index contributed by atoms with van der Waals surface area (Å²) in [5.74, 6) is -0.790. The predicted octanol–water partition coefficient (Wildman–Crippen LogP) is 1.43. The fourth-order valence-electron chi connectivity index (χ4n) is 1.64. The van der Waals surface area contributed by atoms with Crippen LogP contribution in [0.3, 0.4) is 0 Å². The minimum atomic E-state index is -0.790. The van der Waals surface area contributed by atoms with Crippen LogP contribution in [0.25, 0.3) is 0 Å². The third-order valence-corrected chi connectivity index (χ3v) is 3.42. The van der Waals surface area contributed by atoms with E-state index in [1.54, 1.807) is 0 Å². The first-order chi connectivity index (χ1) is 6.18. The van der Waals surface area contributed by atoms with E-state index < -0.39 is 5.97 Å². The molecule has 2 heterocycles. The highest BCUT2D eigenvalue weighted by molar-refractivity contribution is 7.12. The lowest BCUT2D eigenvalue weighted by molar-refractivity contribution is 0.0699. The van der Waals surface area contributed by atoms with E-state index in [1.165, 1.54) is 16.9 Å². The molecule has 4 heteroatoms. The molecule has 1 aromatic heterocycles. The van der Waals surface area contributed by atoms with Crippen LogP contribution in [-0.4, -0.2) is 29.6 Å². The van der Waals surface area contributed by atoms with Gasteiger partial charge in [-0.15, -0.1) is 11.3 Å². The second-order valence-electron chi connectivity index (χ2n) is 3.36. The SMILES string of the molecule is CN1CCc2csc(C(=O)O)c2C1. The Morgan fingerprint density at radius 2 is 2.46 bits per heavy atom. The second-order valence-corrected chi connectivity index (χ2v) is 4.24. The molecule has 13 heavy (non-hydrogen) atoms. The van der Waals surface area contributed by atoms with Crippen molar-refractivity contribution in [2.75, 3.05) is 13.6 Å². The average Bonchev–Trinajstić information content (AvgIpc) is 2.46. The van der Waals surface area contributed by atoms with Gasteiger partial charge < -0.3 is 10.0 Å². The molecule has 3 nitrogen and oxygen atoms in total. The summed E-state index contributed by atoms with van der Waals surface area (Å²) in [6, 6.07) is 0. The highest BCUT2D eigenvalue weighted by Gasteiger charge is 2.21. The number of carboxylic acids is 1. The third kappa shape index (κ3) is 1.47. The first-order valence-electron chi connectivity index (χ1n) is 4.19. The Morgan fingerprint density at radius 1 is 1.69 bits per heavy atom. The molecule has 0 saturated heterocycles. The summed E-state index contributed by atoms with van der Waals surface area (Å²) in [7, 11) is 2.02. The van der Waals surface area contributed by atoms with E-state index in [0.29, 0.717) is 4.88 Å². The molecule has 1 aliphatic heterocycles. The van der Waals surface area contributed by atoms with Crippen LogP contribution in [0.5, 0.6) is 0 Å². The Balaban J connectivity index is 2.41. The number of likely N-dealkylation sites (N-methyl/N-ethyl adjacent to an activating group) is 1. The van der Waals surface area contributed by atoms with Crippen LogP contribution in [0.1, 0.15) is 20.8 Å². The van der Waals surface area contributed by atoms with Gasteiger partial charge in [0.25, 0.3) is 0 Å². The van der Waals surface area contributed by atoms with Gasteiger partial charge in [0.05, 0.1) is 0 Å². The molecule has 1 N–H and O–H groups in total. The maximum absolute atomic E-state index is 10.8. The van der Waals surface area contributed by atoms with Crippen LogP contribution in [0, 0.1) is 0 Å². The lowest BCUT2D eigenvalue weighted by Crippen LogP contribution is -2.26. The molecule has 0 spiro atoms. The Labute approximate surface area is 80.6 Å². The molecule has 0 bridgehead atoms. The van der Waals surface area contributed by atoms with Gasteiger partial charge in [0.2, 0.25) is 0 Å². The van der Waals surface area contributed by atoms with Gasteiger partial charge in [-0.2, -0.15) is 0 Å². The van der Waals surface area contributed by atoms with Crippen molar-refractivity contribution in [3.05, 3.63) is 21.4 Å². The fourth-order valence-corrected chi connectivity index (χ4v) is 2.60. The second kappa shape index (κ2) is 3.12. The minimum Gasteiger partial charge on any atom is -0.477 e. The number of hydrogen-bond acceptors (Lipinski definition) is 3. The van der Waals surface area contributed by atoms with E-state index in [4.69, 9.17) is 5.11 Å². The number of carboxylic acid groups (broad SMARTS) is 1. The monoisotopic (exact) mass is 197 g/mol. The Kier molecular flexibility index (Phi) is 2.09. The minimum absolute atomic E-state index is 0.515. The van der Waals surface area contributed by atoms with Crippen molar-refractivity contribution in [1.82, 2.24) is 4.90 Å². The van der Waals surface area contributed by atoms with Gasteiger partial charge in [-0.25, -0.2) is 4.79 Å². The molecular weight excluding hydrogens is 186 g/mol. The molecule has 0 aromatic carbocycles. The van der Waals surface area contributed by atoms with Crippen LogP contribution in [0.15, 0.2) is 5.38 Å². The number of nitrogens with zero attached hydrogens (tertiary/aromatic N) is 1. The summed E-state index contributed by atoms with van der Waals surface area (Å²) < 4.78 is 0. The topological polar surface area (TPSA) is 40.5 Å². The maximum Gasteiger partial charge on any atom is 0.346 e. The first kappa shape index (κ1) is 8.72. The molecule has 0 amide bonds. The zero-order chi connectivity index (χ0) is 9.42.